The highest BCUT2D eigenvalue weighted by atomic mass is 16.4. The molecule has 4 unspecified atom stereocenters. The van der Waals surface area contributed by atoms with Crippen LogP contribution in [0.2, 0.25) is 0 Å². The Morgan fingerprint density at radius 3 is 2.97 bits per heavy atom. The molecule has 4 atom stereocenters. The van der Waals surface area contributed by atoms with E-state index in [9.17, 15) is 4.79 Å². The number of carbonyl (C=O) groups excluding carboxylic acids is 1. The number of aromatic nitrogens is 5. The third-order valence-corrected chi connectivity index (χ3v) is 7.98. The van der Waals surface area contributed by atoms with Crippen LogP contribution >= 0.6 is 0 Å². The summed E-state index contributed by atoms with van der Waals surface area (Å²) in [6.45, 7) is 3.81. The molecule has 0 aliphatic heterocycles. The van der Waals surface area contributed by atoms with Crippen molar-refractivity contribution >= 4 is 5.91 Å². The lowest BCUT2D eigenvalue weighted by Crippen LogP contribution is -2.51. The average Bonchev–Trinajstić information content (AvgIpc) is 3.33. The number of pyridine rings is 1. The third-order valence-electron chi connectivity index (χ3n) is 7.98. The van der Waals surface area contributed by atoms with E-state index in [2.05, 4.69) is 30.5 Å². The summed E-state index contributed by atoms with van der Waals surface area (Å²) in [5.74, 6) is 2.75. The van der Waals surface area contributed by atoms with Crippen molar-refractivity contribution in [2.45, 2.75) is 69.7 Å². The van der Waals surface area contributed by atoms with Crippen molar-refractivity contribution in [2.24, 2.45) is 11.8 Å². The smallest absolute Gasteiger partial charge is 0.270 e. The highest BCUT2D eigenvalue weighted by Crippen LogP contribution is 2.62. The van der Waals surface area contributed by atoms with E-state index in [4.69, 9.17) is 4.42 Å². The number of fused-ring (bicyclic) bond motifs is 2. The van der Waals surface area contributed by atoms with Crippen LogP contribution in [0, 0.1) is 25.7 Å². The quantitative estimate of drug-likeness (QED) is 0.649. The van der Waals surface area contributed by atoms with Crippen molar-refractivity contribution in [1.29, 1.82) is 0 Å². The van der Waals surface area contributed by atoms with Gasteiger partial charge in [0, 0.05) is 24.1 Å². The van der Waals surface area contributed by atoms with Gasteiger partial charge in [-0.25, -0.2) is 9.97 Å². The van der Waals surface area contributed by atoms with Crippen LogP contribution in [-0.4, -0.2) is 36.6 Å². The van der Waals surface area contributed by atoms with Gasteiger partial charge >= 0.3 is 0 Å². The molecule has 170 valence electrons. The Kier molecular flexibility index (Phi) is 4.61. The minimum Gasteiger partial charge on any atom is -0.420 e. The number of rotatable bonds is 4. The molecule has 3 aliphatic carbocycles. The number of amides is 1. The van der Waals surface area contributed by atoms with Crippen LogP contribution in [-0.2, 0) is 5.41 Å². The number of nitrogens with one attached hydrogen (secondary N) is 1. The van der Waals surface area contributed by atoms with Gasteiger partial charge in [-0.3, -0.25) is 9.78 Å². The van der Waals surface area contributed by atoms with Gasteiger partial charge in [0.15, 0.2) is 0 Å². The van der Waals surface area contributed by atoms with Crippen molar-refractivity contribution < 1.29 is 9.21 Å². The summed E-state index contributed by atoms with van der Waals surface area (Å²) in [5, 5.41) is 12.4. The Bertz CT molecular complexity index is 1220. The predicted molar refractivity (Wildman–Crippen MR) is 120 cm³/mol. The zero-order valence-corrected chi connectivity index (χ0v) is 19.0. The lowest BCUT2D eigenvalue weighted by Gasteiger charge is -2.35. The highest BCUT2D eigenvalue weighted by Gasteiger charge is 2.62. The van der Waals surface area contributed by atoms with E-state index in [0.29, 0.717) is 35.1 Å². The molecule has 3 heterocycles. The normalized spacial score (nSPS) is 30.2. The van der Waals surface area contributed by atoms with Gasteiger partial charge in [-0.2, -0.15) is 0 Å². The van der Waals surface area contributed by atoms with Crippen LogP contribution in [0.3, 0.4) is 0 Å². The lowest BCUT2D eigenvalue weighted by molar-refractivity contribution is 0.0855. The maximum absolute atomic E-state index is 13.2. The summed E-state index contributed by atoms with van der Waals surface area (Å²) in [6.07, 6.45) is 12.5. The van der Waals surface area contributed by atoms with Gasteiger partial charge in [0.1, 0.15) is 11.5 Å². The summed E-state index contributed by atoms with van der Waals surface area (Å²) >= 11 is 0. The summed E-state index contributed by atoms with van der Waals surface area (Å²) < 4.78 is 6.31. The van der Waals surface area contributed by atoms with E-state index in [1.54, 1.807) is 25.4 Å². The fourth-order valence-electron chi connectivity index (χ4n) is 6.77. The first kappa shape index (κ1) is 20.4. The Balaban J connectivity index is 1.34. The zero-order chi connectivity index (χ0) is 22.6. The standard InChI is InChI=1S/C25H28N6O2/c1-15-8-18(13-26-12-15)22-30-31-23(33-22)24-10-17-4-3-6-25(14-24,19(9-17)11-24)29-21(32)20-5-7-27-16(2)28-20/h5,7-8,12-13,17,19H,3-4,6,9-11,14H2,1-2H3,(H,29,32). The molecule has 1 N–H and O–H groups in total. The molecule has 8 nitrogen and oxygen atoms in total. The van der Waals surface area contributed by atoms with Gasteiger partial charge in [-0.15, -0.1) is 10.2 Å². The van der Waals surface area contributed by atoms with E-state index < -0.39 is 0 Å². The first-order chi connectivity index (χ1) is 15.9. The van der Waals surface area contributed by atoms with Crippen molar-refractivity contribution in [1.82, 2.24) is 30.5 Å². The fraction of sp³-hybridized carbons (Fsp3) is 0.520. The van der Waals surface area contributed by atoms with Gasteiger partial charge in [-0.1, -0.05) is 12.8 Å². The van der Waals surface area contributed by atoms with Gasteiger partial charge in [-0.05, 0) is 75.5 Å². The average molecular weight is 445 g/mol. The molecule has 1 amide bonds. The Morgan fingerprint density at radius 1 is 1.21 bits per heavy atom. The molecule has 3 aliphatic rings. The molecule has 3 saturated carbocycles. The molecule has 6 rings (SSSR count). The lowest BCUT2D eigenvalue weighted by atomic mass is 9.69. The molecule has 3 aromatic rings. The molecule has 8 heteroatoms. The monoisotopic (exact) mass is 444 g/mol. The second-order valence-corrected chi connectivity index (χ2v) is 10.3. The zero-order valence-electron chi connectivity index (χ0n) is 19.0. The topological polar surface area (TPSA) is 107 Å². The maximum atomic E-state index is 13.2. The first-order valence-electron chi connectivity index (χ1n) is 11.8. The molecule has 3 fully saturated rings. The maximum Gasteiger partial charge on any atom is 0.270 e. The van der Waals surface area contributed by atoms with Gasteiger partial charge in [0.25, 0.3) is 5.91 Å². The summed E-state index contributed by atoms with van der Waals surface area (Å²) in [7, 11) is 0. The van der Waals surface area contributed by atoms with Crippen molar-refractivity contribution in [3.05, 3.63) is 53.7 Å². The van der Waals surface area contributed by atoms with Crippen LogP contribution in [0.15, 0.2) is 35.1 Å². The number of carbonyl (C=O) groups is 1. The minimum absolute atomic E-state index is 0.112. The van der Waals surface area contributed by atoms with Gasteiger partial charge in [0.2, 0.25) is 11.8 Å². The van der Waals surface area contributed by atoms with E-state index in [-0.39, 0.29) is 16.9 Å². The second kappa shape index (κ2) is 7.43. The molecular weight excluding hydrogens is 416 g/mol. The highest BCUT2D eigenvalue weighted by molar-refractivity contribution is 5.92. The van der Waals surface area contributed by atoms with Gasteiger partial charge in [0.05, 0.1) is 11.0 Å². The van der Waals surface area contributed by atoms with Crippen LogP contribution in [0.1, 0.15) is 72.7 Å². The summed E-state index contributed by atoms with van der Waals surface area (Å²) in [4.78, 5) is 26.0. The molecule has 3 aromatic heterocycles. The summed E-state index contributed by atoms with van der Waals surface area (Å²) in [6, 6.07) is 3.70. The number of nitrogens with zero attached hydrogens (tertiary/aromatic N) is 5. The van der Waals surface area contributed by atoms with Crippen molar-refractivity contribution in [3.63, 3.8) is 0 Å². The van der Waals surface area contributed by atoms with E-state index in [1.807, 2.05) is 19.2 Å². The van der Waals surface area contributed by atoms with Gasteiger partial charge < -0.3 is 9.73 Å². The molecule has 0 aromatic carbocycles. The molecule has 3 bridgehead atoms. The van der Waals surface area contributed by atoms with E-state index >= 15 is 0 Å². The minimum atomic E-state index is -0.263. The Morgan fingerprint density at radius 2 is 2.12 bits per heavy atom. The van der Waals surface area contributed by atoms with E-state index in [0.717, 1.165) is 49.7 Å². The molecule has 0 saturated heterocycles. The van der Waals surface area contributed by atoms with Crippen molar-refractivity contribution in [3.8, 4) is 11.5 Å². The Labute approximate surface area is 192 Å². The summed E-state index contributed by atoms with van der Waals surface area (Å²) in [5.41, 5.74) is 1.88. The number of hydrogen-bond acceptors (Lipinski definition) is 7. The van der Waals surface area contributed by atoms with Crippen LogP contribution in [0.5, 0.6) is 0 Å². The second-order valence-electron chi connectivity index (χ2n) is 10.3. The fourth-order valence-corrected chi connectivity index (χ4v) is 6.77. The van der Waals surface area contributed by atoms with Crippen LogP contribution in [0.25, 0.3) is 11.5 Å². The predicted octanol–water partition coefficient (Wildman–Crippen LogP) is 3.95. The number of aryl methyl sites for hydroxylation is 2. The molecule has 33 heavy (non-hydrogen) atoms. The van der Waals surface area contributed by atoms with E-state index in [1.165, 1.54) is 6.42 Å². The van der Waals surface area contributed by atoms with Crippen molar-refractivity contribution in [2.75, 3.05) is 0 Å². The third kappa shape index (κ3) is 3.43. The largest absolute Gasteiger partial charge is 0.420 e. The van der Waals surface area contributed by atoms with Crippen LogP contribution in [0.4, 0.5) is 0 Å². The first-order valence-corrected chi connectivity index (χ1v) is 11.8. The number of hydrogen-bond donors (Lipinski definition) is 1. The SMILES string of the molecule is Cc1cncc(-c2nnc(C34CC5CCCC(NC(=O)c6ccnc(C)n6)(C3)C(C5)C4)o2)c1. The molecule has 0 spiro atoms. The Hall–Kier alpha value is -3.16. The van der Waals surface area contributed by atoms with Crippen LogP contribution < -0.4 is 5.32 Å². The molecule has 0 radical (unpaired) electrons. The molecular formula is C25H28N6O2.